The molecular formula is C11H24BrNO5. The molecule has 0 heterocycles. The molecule has 110 valence electrons. The Kier molecular flexibility index (Phi) is 13.2. The standard InChI is InChI=1S/C11H24NO5.BrH/c1-2-17-11(16)10-12(5-8-14,6-9-15)4-3-7-13;/h13-15H,2-10H2,1H3;1H/q+1;/p-1. The minimum Gasteiger partial charge on any atom is -1.00 e. The molecule has 0 radical (unpaired) electrons. The van der Waals surface area contributed by atoms with Crippen molar-refractivity contribution in [2.45, 2.75) is 13.3 Å². The molecule has 3 N–H and O–H groups in total. The van der Waals surface area contributed by atoms with Crippen LogP contribution in [0.1, 0.15) is 13.3 Å². The average Bonchev–Trinajstić information content (AvgIpc) is 2.27. The second kappa shape index (κ2) is 11.9. The highest BCUT2D eigenvalue weighted by molar-refractivity contribution is 5.70. The minimum absolute atomic E-state index is 0. The predicted molar refractivity (Wildman–Crippen MR) is 62.2 cm³/mol. The summed E-state index contributed by atoms with van der Waals surface area (Å²) >= 11 is 0. The Morgan fingerprint density at radius 3 is 2.00 bits per heavy atom. The number of halogens is 1. The van der Waals surface area contributed by atoms with Crippen molar-refractivity contribution in [3.8, 4) is 0 Å². The fourth-order valence-electron chi connectivity index (χ4n) is 1.88. The summed E-state index contributed by atoms with van der Waals surface area (Å²) in [7, 11) is 0. The van der Waals surface area contributed by atoms with Gasteiger partial charge >= 0.3 is 5.97 Å². The van der Waals surface area contributed by atoms with Crippen molar-refractivity contribution in [1.29, 1.82) is 0 Å². The van der Waals surface area contributed by atoms with E-state index in [1.165, 1.54) is 0 Å². The van der Waals surface area contributed by atoms with Crippen LogP contribution in [-0.4, -0.2) is 78.4 Å². The summed E-state index contributed by atoms with van der Waals surface area (Å²) in [6.07, 6.45) is 0.527. The fraction of sp³-hybridized carbons (Fsp3) is 0.909. The minimum atomic E-state index is -0.340. The van der Waals surface area contributed by atoms with Gasteiger partial charge in [0.1, 0.15) is 13.1 Å². The highest BCUT2D eigenvalue weighted by Crippen LogP contribution is 2.08. The van der Waals surface area contributed by atoms with Gasteiger partial charge < -0.3 is 41.5 Å². The van der Waals surface area contributed by atoms with Crippen LogP contribution < -0.4 is 17.0 Å². The summed E-state index contributed by atoms with van der Waals surface area (Å²) in [5.41, 5.74) is 0. The van der Waals surface area contributed by atoms with E-state index in [1.807, 2.05) is 0 Å². The maximum Gasteiger partial charge on any atom is 0.361 e. The third-order valence-electron chi connectivity index (χ3n) is 2.71. The van der Waals surface area contributed by atoms with Crippen molar-refractivity contribution in [1.82, 2.24) is 0 Å². The number of carbonyl (C=O) groups excluding carboxylic acids is 1. The van der Waals surface area contributed by atoms with Gasteiger partial charge in [0.15, 0.2) is 6.54 Å². The normalized spacial score (nSPS) is 10.9. The molecule has 6 nitrogen and oxygen atoms in total. The van der Waals surface area contributed by atoms with Crippen molar-refractivity contribution in [3.63, 3.8) is 0 Å². The number of hydrogen-bond donors (Lipinski definition) is 3. The molecule has 0 saturated carbocycles. The summed E-state index contributed by atoms with van der Waals surface area (Å²) < 4.78 is 5.15. The molecule has 0 aromatic carbocycles. The van der Waals surface area contributed by atoms with E-state index < -0.39 is 0 Å². The van der Waals surface area contributed by atoms with Crippen LogP contribution in [-0.2, 0) is 9.53 Å². The molecule has 0 aromatic rings. The van der Waals surface area contributed by atoms with E-state index in [0.717, 1.165) is 0 Å². The molecular weight excluding hydrogens is 306 g/mol. The van der Waals surface area contributed by atoms with Gasteiger partial charge in [-0.25, -0.2) is 4.79 Å². The summed E-state index contributed by atoms with van der Waals surface area (Å²) in [4.78, 5) is 11.5. The highest BCUT2D eigenvalue weighted by atomic mass is 79.9. The lowest BCUT2D eigenvalue weighted by molar-refractivity contribution is -0.922. The van der Waals surface area contributed by atoms with Gasteiger partial charge in [0.2, 0.25) is 0 Å². The largest absolute Gasteiger partial charge is 1.00 e. The molecule has 0 aliphatic heterocycles. The molecule has 0 fully saturated rings. The highest BCUT2D eigenvalue weighted by Gasteiger charge is 2.29. The van der Waals surface area contributed by atoms with Crippen LogP contribution in [0, 0.1) is 0 Å². The fourth-order valence-corrected chi connectivity index (χ4v) is 1.88. The molecule has 0 amide bonds. The molecule has 0 spiro atoms. The van der Waals surface area contributed by atoms with Crippen LogP contribution in [0.2, 0.25) is 0 Å². The lowest BCUT2D eigenvalue weighted by Crippen LogP contribution is -3.00. The Morgan fingerprint density at radius 2 is 1.61 bits per heavy atom. The van der Waals surface area contributed by atoms with Crippen molar-refractivity contribution >= 4 is 5.97 Å². The van der Waals surface area contributed by atoms with Gasteiger partial charge in [-0.1, -0.05) is 0 Å². The number of aliphatic hydroxyl groups is 3. The Balaban J connectivity index is 0. The molecule has 0 rings (SSSR count). The number of rotatable bonds is 10. The van der Waals surface area contributed by atoms with Crippen molar-refractivity contribution < 1.29 is 46.3 Å². The van der Waals surface area contributed by atoms with Crippen molar-refractivity contribution in [2.24, 2.45) is 0 Å². The summed E-state index contributed by atoms with van der Waals surface area (Å²) in [5, 5.41) is 27.0. The first-order chi connectivity index (χ1) is 8.14. The van der Waals surface area contributed by atoms with Crippen molar-refractivity contribution in [3.05, 3.63) is 0 Å². The van der Waals surface area contributed by atoms with Crippen molar-refractivity contribution in [2.75, 3.05) is 52.6 Å². The summed E-state index contributed by atoms with van der Waals surface area (Å²) in [6, 6.07) is 0. The van der Waals surface area contributed by atoms with E-state index in [2.05, 4.69) is 0 Å². The Labute approximate surface area is 119 Å². The second-order valence-corrected chi connectivity index (χ2v) is 4.00. The van der Waals surface area contributed by atoms with E-state index in [9.17, 15) is 4.79 Å². The van der Waals surface area contributed by atoms with Crippen LogP contribution >= 0.6 is 0 Å². The first kappa shape index (κ1) is 20.1. The average molecular weight is 330 g/mol. The third-order valence-corrected chi connectivity index (χ3v) is 2.71. The molecule has 0 unspecified atom stereocenters. The van der Waals surface area contributed by atoms with Gasteiger partial charge in [-0.15, -0.1) is 0 Å². The van der Waals surface area contributed by atoms with Gasteiger partial charge in [0.05, 0.1) is 26.4 Å². The number of hydrogen-bond acceptors (Lipinski definition) is 5. The Bertz CT molecular complexity index is 210. The van der Waals surface area contributed by atoms with Crippen LogP contribution in [0.15, 0.2) is 0 Å². The zero-order valence-electron chi connectivity index (χ0n) is 10.8. The van der Waals surface area contributed by atoms with E-state index in [0.29, 0.717) is 32.7 Å². The lowest BCUT2D eigenvalue weighted by Gasteiger charge is -2.36. The van der Waals surface area contributed by atoms with E-state index in [4.69, 9.17) is 20.1 Å². The van der Waals surface area contributed by atoms with Gasteiger partial charge in [0, 0.05) is 13.0 Å². The zero-order valence-corrected chi connectivity index (χ0v) is 12.4. The van der Waals surface area contributed by atoms with Crippen LogP contribution in [0.4, 0.5) is 0 Å². The van der Waals surface area contributed by atoms with Crippen LogP contribution in [0.25, 0.3) is 0 Å². The number of nitrogens with zero attached hydrogens (tertiary/aromatic N) is 1. The molecule has 0 aromatic heterocycles. The molecule has 0 bridgehead atoms. The summed E-state index contributed by atoms with van der Waals surface area (Å²) in [5.74, 6) is -0.340. The number of carbonyl (C=O) groups is 1. The van der Waals surface area contributed by atoms with Crippen LogP contribution in [0.3, 0.4) is 0 Å². The molecule has 18 heavy (non-hydrogen) atoms. The number of quaternary nitrogens is 1. The first-order valence-electron chi connectivity index (χ1n) is 5.97. The smallest absolute Gasteiger partial charge is 0.361 e. The SMILES string of the molecule is CCOC(=O)C[N+](CCO)(CCO)CCCO.[Br-]. The van der Waals surface area contributed by atoms with Gasteiger partial charge in [-0.3, -0.25) is 0 Å². The number of esters is 1. The number of aliphatic hydroxyl groups excluding tert-OH is 3. The molecule has 0 saturated heterocycles. The van der Waals surface area contributed by atoms with Gasteiger partial charge in [-0.05, 0) is 6.92 Å². The van der Waals surface area contributed by atoms with Crippen LogP contribution in [0.5, 0.6) is 0 Å². The monoisotopic (exact) mass is 329 g/mol. The number of ether oxygens (including phenoxy) is 1. The quantitative estimate of drug-likeness (QED) is 0.279. The first-order valence-corrected chi connectivity index (χ1v) is 5.97. The molecule has 0 atom stereocenters. The molecule has 7 heteroatoms. The van der Waals surface area contributed by atoms with E-state index >= 15 is 0 Å². The Morgan fingerprint density at radius 1 is 1.06 bits per heavy atom. The molecule has 0 aliphatic rings. The third kappa shape index (κ3) is 7.99. The van der Waals surface area contributed by atoms with Gasteiger partial charge in [-0.2, -0.15) is 0 Å². The summed E-state index contributed by atoms with van der Waals surface area (Å²) in [6.45, 7) is 3.36. The van der Waals surface area contributed by atoms with E-state index in [1.54, 1.807) is 6.92 Å². The maximum absolute atomic E-state index is 11.5. The Hall–Kier alpha value is -0.210. The predicted octanol–water partition coefficient (Wildman–Crippen LogP) is -4.26. The van der Waals surface area contributed by atoms with Gasteiger partial charge in [0.25, 0.3) is 0 Å². The second-order valence-electron chi connectivity index (χ2n) is 4.00. The topological polar surface area (TPSA) is 87.0 Å². The zero-order chi connectivity index (χ0) is 13.1. The van der Waals surface area contributed by atoms with E-state index in [-0.39, 0.29) is 53.8 Å². The maximum atomic E-state index is 11.5. The lowest BCUT2D eigenvalue weighted by atomic mass is 10.2. The molecule has 0 aliphatic carbocycles.